The summed E-state index contributed by atoms with van der Waals surface area (Å²) in [5.41, 5.74) is 2.51. The van der Waals surface area contributed by atoms with Crippen LogP contribution in [0.1, 0.15) is 30.5 Å². The van der Waals surface area contributed by atoms with Gasteiger partial charge in [-0.1, -0.05) is 66.2 Å². The van der Waals surface area contributed by atoms with E-state index >= 15 is 0 Å². The van der Waals surface area contributed by atoms with Crippen molar-refractivity contribution >= 4 is 6.09 Å². The molecule has 0 aromatic heterocycles. The molecule has 0 saturated carbocycles. The number of rotatable bonds is 6. The summed E-state index contributed by atoms with van der Waals surface area (Å²) in [5.74, 6) is 0. The molecule has 0 bridgehead atoms. The van der Waals surface area contributed by atoms with Gasteiger partial charge in [0.2, 0.25) is 0 Å². The molecule has 2 aromatic carbocycles. The van der Waals surface area contributed by atoms with E-state index in [-0.39, 0.29) is 12.6 Å². The molecular formula is C19H26N2O3. The first-order valence-corrected chi connectivity index (χ1v) is 8.00. The first-order valence-electron chi connectivity index (χ1n) is 8.00. The van der Waals surface area contributed by atoms with Crippen molar-refractivity contribution in [3.63, 3.8) is 0 Å². The van der Waals surface area contributed by atoms with Gasteiger partial charge in [0.15, 0.2) is 0 Å². The third-order valence-electron chi connectivity index (χ3n) is 3.46. The number of carbonyl (C=O) groups is 1. The molecule has 0 radical (unpaired) electrons. The van der Waals surface area contributed by atoms with Gasteiger partial charge in [0.1, 0.15) is 0 Å². The zero-order chi connectivity index (χ0) is 17.8. The third kappa shape index (κ3) is 8.31. The highest BCUT2D eigenvalue weighted by Gasteiger charge is 2.07. The van der Waals surface area contributed by atoms with Crippen molar-refractivity contribution in [2.24, 2.45) is 0 Å². The molecule has 24 heavy (non-hydrogen) atoms. The van der Waals surface area contributed by atoms with E-state index in [2.05, 4.69) is 24.4 Å². The van der Waals surface area contributed by atoms with Crippen LogP contribution in [0.2, 0.25) is 0 Å². The highest BCUT2D eigenvalue weighted by molar-refractivity contribution is 5.63. The van der Waals surface area contributed by atoms with Crippen molar-refractivity contribution in [1.82, 2.24) is 10.4 Å². The molecule has 0 saturated heterocycles. The SMILES string of the molecule is C[C@H](NCCCN(O)C(=O)O)c1ccccc1.Cc1ccccc1. The average Bonchev–Trinajstić information content (AvgIpc) is 2.60. The summed E-state index contributed by atoms with van der Waals surface area (Å²) in [5, 5.41) is 20.9. The molecule has 5 nitrogen and oxygen atoms in total. The summed E-state index contributed by atoms with van der Waals surface area (Å²) >= 11 is 0. The molecule has 0 aliphatic carbocycles. The van der Waals surface area contributed by atoms with Gasteiger partial charge in [-0.05, 0) is 32.4 Å². The van der Waals surface area contributed by atoms with Gasteiger partial charge in [0, 0.05) is 6.04 Å². The lowest BCUT2D eigenvalue weighted by Gasteiger charge is -2.15. The van der Waals surface area contributed by atoms with E-state index in [0.29, 0.717) is 18.0 Å². The molecule has 3 N–H and O–H groups in total. The highest BCUT2D eigenvalue weighted by atomic mass is 16.6. The minimum Gasteiger partial charge on any atom is -0.463 e. The molecule has 0 heterocycles. The number of nitrogens with one attached hydrogen (secondary N) is 1. The van der Waals surface area contributed by atoms with Gasteiger partial charge in [0.25, 0.3) is 0 Å². The molecule has 1 atom stereocenters. The summed E-state index contributed by atoms with van der Waals surface area (Å²) in [4.78, 5) is 10.3. The van der Waals surface area contributed by atoms with E-state index in [1.165, 1.54) is 11.1 Å². The monoisotopic (exact) mass is 330 g/mol. The van der Waals surface area contributed by atoms with Crippen molar-refractivity contribution in [1.29, 1.82) is 0 Å². The summed E-state index contributed by atoms with van der Waals surface area (Å²) in [7, 11) is 0. The van der Waals surface area contributed by atoms with E-state index in [1.807, 2.05) is 55.5 Å². The molecule has 0 unspecified atom stereocenters. The first kappa shape index (κ1) is 19.7. The van der Waals surface area contributed by atoms with Crippen molar-refractivity contribution in [3.8, 4) is 0 Å². The van der Waals surface area contributed by atoms with Crippen LogP contribution in [0.4, 0.5) is 4.79 Å². The normalized spacial score (nSPS) is 11.1. The minimum absolute atomic E-state index is 0.115. The Morgan fingerprint density at radius 1 is 1.08 bits per heavy atom. The van der Waals surface area contributed by atoms with Crippen molar-refractivity contribution in [2.75, 3.05) is 13.1 Å². The maximum Gasteiger partial charge on any atom is 0.431 e. The third-order valence-corrected chi connectivity index (χ3v) is 3.46. The highest BCUT2D eigenvalue weighted by Crippen LogP contribution is 2.10. The zero-order valence-electron chi connectivity index (χ0n) is 14.2. The fourth-order valence-corrected chi connectivity index (χ4v) is 2.04. The summed E-state index contributed by atoms with van der Waals surface area (Å²) in [6.45, 7) is 4.90. The number of aryl methyl sites for hydroxylation is 1. The van der Waals surface area contributed by atoms with Crippen LogP contribution in [-0.4, -0.2) is 34.6 Å². The van der Waals surface area contributed by atoms with Gasteiger partial charge in [-0.2, -0.15) is 5.06 Å². The van der Waals surface area contributed by atoms with Crippen LogP contribution in [0, 0.1) is 6.92 Å². The molecule has 1 amide bonds. The fourth-order valence-electron chi connectivity index (χ4n) is 2.04. The number of carboxylic acid groups (broad SMARTS) is 1. The molecule has 130 valence electrons. The fraction of sp³-hybridized carbons (Fsp3) is 0.316. The lowest BCUT2D eigenvalue weighted by Crippen LogP contribution is -2.29. The second-order valence-electron chi connectivity index (χ2n) is 5.50. The number of amides is 1. The number of hydroxylamine groups is 2. The Morgan fingerprint density at radius 2 is 1.62 bits per heavy atom. The predicted molar refractivity (Wildman–Crippen MR) is 95.2 cm³/mol. The van der Waals surface area contributed by atoms with Crippen LogP contribution in [0.5, 0.6) is 0 Å². The lowest BCUT2D eigenvalue weighted by molar-refractivity contribution is -0.0640. The Hall–Kier alpha value is -2.37. The second-order valence-corrected chi connectivity index (χ2v) is 5.50. The first-order chi connectivity index (χ1) is 11.5. The van der Waals surface area contributed by atoms with E-state index in [9.17, 15) is 4.79 Å². The van der Waals surface area contributed by atoms with Gasteiger partial charge < -0.3 is 10.4 Å². The van der Waals surface area contributed by atoms with Crippen molar-refractivity contribution in [2.45, 2.75) is 26.3 Å². The summed E-state index contributed by atoms with van der Waals surface area (Å²) in [6.07, 6.45) is -0.749. The van der Waals surface area contributed by atoms with E-state index in [1.54, 1.807) is 0 Å². The molecule has 0 spiro atoms. The van der Waals surface area contributed by atoms with Crippen molar-refractivity contribution in [3.05, 3.63) is 71.8 Å². The number of hydrogen-bond acceptors (Lipinski definition) is 3. The van der Waals surface area contributed by atoms with Gasteiger partial charge >= 0.3 is 6.09 Å². The second kappa shape index (κ2) is 11.2. The average molecular weight is 330 g/mol. The Labute approximate surface area is 143 Å². The van der Waals surface area contributed by atoms with Crippen LogP contribution < -0.4 is 5.32 Å². The molecule has 0 aliphatic rings. The topological polar surface area (TPSA) is 72.8 Å². The van der Waals surface area contributed by atoms with Gasteiger partial charge in [-0.15, -0.1) is 0 Å². The number of nitrogens with zero attached hydrogens (tertiary/aromatic N) is 1. The predicted octanol–water partition coefficient (Wildman–Crippen LogP) is 4.09. The Bertz CT molecular complexity index is 576. The van der Waals surface area contributed by atoms with Gasteiger partial charge in [-0.25, -0.2) is 4.79 Å². The smallest absolute Gasteiger partial charge is 0.431 e. The van der Waals surface area contributed by atoms with Gasteiger partial charge in [-0.3, -0.25) is 5.21 Å². The standard InChI is InChI=1S/C12H18N2O3.C7H8/c1-10(11-6-3-2-4-7-11)13-8-5-9-14(17)12(15)16;1-7-5-3-2-4-6-7/h2-4,6-7,10,13,17H,5,8-9H2,1H3,(H,15,16);2-6H,1H3/t10-;/m0./s1. The summed E-state index contributed by atoms with van der Waals surface area (Å²) < 4.78 is 0. The van der Waals surface area contributed by atoms with Crippen LogP contribution in [-0.2, 0) is 0 Å². The van der Waals surface area contributed by atoms with Crippen LogP contribution >= 0.6 is 0 Å². The van der Waals surface area contributed by atoms with Crippen LogP contribution in [0.15, 0.2) is 60.7 Å². The number of hydrogen-bond donors (Lipinski definition) is 3. The molecular weight excluding hydrogens is 304 g/mol. The largest absolute Gasteiger partial charge is 0.463 e. The number of benzene rings is 2. The van der Waals surface area contributed by atoms with E-state index in [4.69, 9.17) is 10.3 Å². The molecule has 5 heteroatoms. The van der Waals surface area contributed by atoms with E-state index < -0.39 is 6.09 Å². The Kier molecular flexibility index (Phi) is 9.19. The van der Waals surface area contributed by atoms with Crippen molar-refractivity contribution < 1.29 is 15.1 Å². The molecule has 0 fully saturated rings. The maximum atomic E-state index is 10.3. The molecule has 2 aromatic rings. The maximum absolute atomic E-state index is 10.3. The molecule has 2 rings (SSSR count). The van der Waals surface area contributed by atoms with Crippen LogP contribution in [0.25, 0.3) is 0 Å². The van der Waals surface area contributed by atoms with Gasteiger partial charge in [0.05, 0.1) is 6.54 Å². The Balaban J connectivity index is 0.000000341. The summed E-state index contributed by atoms with van der Waals surface area (Å²) in [6, 6.07) is 20.5. The molecule has 0 aliphatic heterocycles. The quantitative estimate of drug-likeness (QED) is 0.424. The van der Waals surface area contributed by atoms with Crippen LogP contribution in [0.3, 0.4) is 0 Å². The lowest BCUT2D eigenvalue weighted by atomic mass is 10.1. The van der Waals surface area contributed by atoms with E-state index in [0.717, 1.165) is 0 Å². The zero-order valence-corrected chi connectivity index (χ0v) is 14.2. The Morgan fingerprint density at radius 3 is 2.08 bits per heavy atom. The minimum atomic E-state index is -1.32.